The zero-order chi connectivity index (χ0) is 20.4. The van der Waals surface area contributed by atoms with Crippen LogP contribution in [0.15, 0.2) is 97.1 Å². The lowest BCUT2D eigenvalue weighted by atomic mass is 10.1. The Bertz CT molecular complexity index is 1590. The summed E-state index contributed by atoms with van der Waals surface area (Å²) >= 11 is 5.69. The molecule has 0 saturated carbocycles. The Hall–Kier alpha value is -2.98. The molecule has 0 spiro atoms. The second-order valence-corrected chi connectivity index (χ2v) is 11.1. The first-order valence-electron chi connectivity index (χ1n) is 10.3. The van der Waals surface area contributed by atoms with Gasteiger partial charge in [0.2, 0.25) is 0 Å². The van der Waals surface area contributed by atoms with E-state index in [1.54, 1.807) is 0 Å². The summed E-state index contributed by atoms with van der Waals surface area (Å²) in [6.07, 6.45) is 0. The number of thiophene rings is 3. The van der Waals surface area contributed by atoms with Crippen molar-refractivity contribution in [3.8, 4) is 20.9 Å². The van der Waals surface area contributed by atoms with Crippen molar-refractivity contribution in [2.24, 2.45) is 0 Å². The smallest absolute Gasteiger partial charge is 0.0369 e. The monoisotopic (exact) mass is 448 g/mol. The van der Waals surface area contributed by atoms with E-state index in [1.807, 2.05) is 34.0 Å². The molecule has 0 amide bonds. The average Bonchev–Trinajstić information content (AvgIpc) is 3.51. The Morgan fingerprint density at radius 1 is 0.387 bits per heavy atom. The van der Waals surface area contributed by atoms with E-state index < -0.39 is 0 Å². The second kappa shape index (κ2) is 6.76. The fraction of sp³-hybridized carbons (Fsp3) is 0. The van der Waals surface area contributed by atoms with Crippen LogP contribution in [0.4, 0.5) is 0 Å². The number of hydrogen-bond donors (Lipinski definition) is 0. The topological polar surface area (TPSA) is 0 Å². The van der Waals surface area contributed by atoms with Crippen molar-refractivity contribution in [2.75, 3.05) is 0 Å². The van der Waals surface area contributed by atoms with Gasteiger partial charge in [-0.15, -0.1) is 34.0 Å². The summed E-state index contributed by atoms with van der Waals surface area (Å²) in [5.74, 6) is 0. The Kier molecular flexibility index (Phi) is 3.85. The lowest BCUT2D eigenvalue weighted by Gasteiger charge is -1.94. The molecule has 3 heterocycles. The van der Waals surface area contributed by atoms with Crippen molar-refractivity contribution >= 4 is 74.4 Å². The van der Waals surface area contributed by atoms with E-state index in [0.717, 1.165) is 0 Å². The quantitative estimate of drug-likeness (QED) is 0.247. The Balaban J connectivity index is 1.42. The molecule has 4 aromatic carbocycles. The molecular formula is C28H16S3. The summed E-state index contributed by atoms with van der Waals surface area (Å²) in [5, 5.41) is 5.43. The predicted molar refractivity (Wildman–Crippen MR) is 141 cm³/mol. The van der Waals surface area contributed by atoms with Crippen molar-refractivity contribution in [3.05, 3.63) is 97.1 Å². The first-order chi connectivity index (χ1) is 15.3. The number of fused-ring (bicyclic) bond motifs is 5. The van der Waals surface area contributed by atoms with Crippen LogP contribution in [-0.2, 0) is 0 Å². The van der Waals surface area contributed by atoms with Crippen molar-refractivity contribution in [1.82, 2.24) is 0 Å². The molecule has 7 aromatic rings. The lowest BCUT2D eigenvalue weighted by molar-refractivity contribution is 1.70. The van der Waals surface area contributed by atoms with Crippen LogP contribution in [0.3, 0.4) is 0 Å². The molecule has 0 aliphatic carbocycles. The molecule has 0 aliphatic heterocycles. The molecule has 0 aliphatic rings. The van der Waals surface area contributed by atoms with E-state index in [4.69, 9.17) is 0 Å². The maximum atomic E-state index is 2.39. The minimum atomic E-state index is 1.30. The highest BCUT2D eigenvalue weighted by molar-refractivity contribution is 7.27. The van der Waals surface area contributed by atoms with Gasteiger partial charge in [-0.2, -0.15) is 0 Å². The highest BCUT2D eigenvalue weighted by Gasteiger charge is 2.12. The van der Waals surface area contributed by atoms with Gasteiger partial charge < -0.3 is 0 Å². The van der Waals surface area contributed by atoms with Crippen LogP contribution in [-0.4, -0.2) is 0 Å². The van der Waals surface area contributed by atoms with Crippen LogP contribution >= 0.6 is 34.0 Å². The largest absolute Gasteiger partial charge is 0.135 e. The van der Waals surface area contributed by atoms with Crippen molar-refractivity contribution < 1.29 is 0 Å². The molecule has 0 N–H and O–H groups in total. The highest BCUT2D eigenvalue weighted by Crippen LogP contribution is 2.44. The Morgan fingerprint density at radius 3 is 1.29 bits per heavy atom. The van der Waals surface area contributed by atoms with Gasteiger partial charge in [-0.3, -0.25) is 0 Å². The SMILES string of the molecule is c1ccc(-c2cc3cc4c(cc3s2)sc2cc3sc(-c5ccccc5)cc3cc24)cc1. The van der Waals surface area contributed by atoms with Gasteiger partial charge in [0.1, 0.15) is 0 Å². The summed E-state index contributed by atoms with van der Waals surface area (Å²) in [4.78, 5) is 2.68. The highest BCUT2D eigenvalue weighted by atomic mass is 32.1. The lowest BCUT2D eigenvalue weighted by Crippen LogP contribution is -1.69. The van der Waals surface area contributed by atoms with Crippen LogP contribution in [0.25, 0.3) is 61.2 Å². The number of rotatable bonds is 2. The second-order valence-electron chi connectivity index (χ2n) is 7.83. The molecule has 31 heavy (non-hydrogen) atoms. The van der Waals surface area contributed by atoms with Crippen LogP contribution in [0, 0.1) is 0 Å². The minimum absolute atomic E-state index is 1.30. The first kappa shape index (κ1) is 17.7. The summed E-state index contributed by atoms with van der Waals surface area (Å²) in [6.45, 7) is 0. The van der Waals surface area contributed by atoms with Gasteiger partial charge in [0, 0.05) is 39.3 Å². The van der Waals surface area contributed by atoms with E-state index in [2.05, 4.69) is 97.1 Å². The molecule has 3 heteroatoms. The zero-order valence-electron chi connectivity index (χ0n) is 16.5. The van der Waals surface area contributed by atoms with Gasteiger partial charge in [-0.1, -0.05) is 60.7 Å². The van der Waals surface area contributed by atoms with Crippen LogP contribution in [0.5, 0.6) is 0 Å². The maximum absolute atomic E-state index is 2.39. The van der Waals surface area contributed by atoms with E-state index in [1.165, 1.54) is 61.2 Å². The number of benzene rings is 4. The van der Waals surface area contributed by atoms with E-state index in [-0.39, 0.29) is 0 Å². The van der Waals surface area contributed by atoms with E-state index in [0.29, 0.717) is 0 Å². The molecule has 0 unspecified atom stereocenters. The predicted octanol–water partition coefficient (Wildman–Crippen LogP) is 9.82. The molecule has 0 bridgehead atoms. The Labute approximate surface area is 191 Å². The fourth-order valence-electron chi connectivity index (χ4n) is 4.33. The van der Waals surface area contributed by atoms with Gasteiger partial charge in [0.25, 0.3) is 0 Å². The zero-order valence-corrected chi connectivity index (χ0v) is 18.9. The average molecular weight is 449 g/mol. The van der Waals surface area contributed by atoms with Gasteiger partial charge in [0.15, 0.2) is 0 Å². The van der Waals surface area contributed by atoms with Gasteiger partial charge in [-0.05, 0) is 58.3 Å². The summed E-state index contributed by atoms with van der Waals surface area (Å²) in [7, 11) is 0. The summed E-state index contributed by atoms with van der Waals surface area (Å²) in [5.41, 5.74) is 2.59. The van der Waals surface area contributed by atoms with E-state index in [9.17, 15) is 0 Å². The van der Waals surface area contributed by atoms with Crippen LogP contribution in [0.1, 0.15) is 0 Å². The molecule has 0 fully saturated rings. The standard InChI is InChI=1S/C28H16S3/c1-3-7-17(8-4-1)23-13-19-11-21-22-12-20-14-24(18-9-5-2-6-10-18)30-26(20)16-28(22)31-27(21)15-25(19)29-23/h1-16H. The maximum Gasteiger partial charge on any atom is 0.0369 e. The molecule has 0 radical (unpaired) electrons. The van der Waals surface area contributed by atoms with Crippen molar-refractivity contribution in [3.63, 3.8) is 0 Å². The Morgan fingerprint density at radius 2 is 0.839 bits per heavy atom. The van der Waals surface area contributed by atoms with Gasteiger partial charge in [0.05, 0.1) is 0 Å². The molecule has 3 aromatic heterocycles. The minimum Gasteiger partial charge on any atom is -0.135 e. The van der Waals surface area contributed by atoms with Crippen LogP contribution < -0.4 is 0 Å². The third kappa shape index (κ3) is 2.85. The van der Waals surface area contributed by atoms with Gasteiger partial charge in [-0.25, -0.2) is 0 Å². The van der Waals surface area contributed by atoms with E-state index >= 15 is 0 Å². The van der Waals surface area contributed by atoms with Crippen LogP contribution in [0.2, 0.25) is 0 Å². The fourth-order valence-corrected chi connectivity index (χ4v) is 7.81. The molecular weight excluding hydrogens is 433 g/mol. The normalized spacial score (nSPS) is 11.9. The van der Waals surface area contributed by atoms with Crippen molar-refractivity contribution in [2.45, 2.75) is 0 Å². The molecule has 0 atom stereocenters. The molecule has 146 valence electrons. The van der Waals surface area contributed by atoms with Gasteiger partial charge >= 0.3 is 0 Å². The number of hydrogen-bond acceptors (Lipinski definition) is 3. The molecule has 0 nitrogen and oxygen atoms in total. The third-order valence-corrected chi connectivity index (χ3v) is 9.27. The third-order valence-electron chi connectivity index (χ3n) is 5.86. The molecule has 0 saturated heterocycles. The first-order valence-corrected chi connectivity index (χ1v) is 12.7. The summed E-state index contributed by atoms with van der Waals surface area (Å²) < 4.78 is 5.49. The van der Waals surface area contributed by atoms with Crippen molar-refractivity contribution in [1.29, 1.82) is 0 Å². The summed E-state index contributed by atoms with van der Waals surface area (Å²) in [6, 6.07) is 35.6. The molecule has 7 rings (SSSR count).